The fraction of sp³-hybridized carbons (Fsp3) is 0.429. The molecule has 1 rings (SSSR count). The number of carbonyl (C=O) groups excluding carboxylic acids is 1. The average molecular weight is 298 g/mol. The van der Waals surface area contributed by atoms with Crippen molar-refractivity contribution >= 4 is 23.3 Å². The first kappa shape index (κ1) is 16.3. The number of nitrogens with two attached hydrogens (primary N) is 1. The Balaban J connectivity index is 2.83. The second-order valence-electron chi connectivity index (χ2n) is 5.03. The molecule has 2 unspecified atom stereocenters. The maximum absolute atomic E-state index is 12.2. The van der Waals surface area contributed by atoms with Crippen molar-refractivity contribution in [2.75, 3.05) is 0 Å². The lowest BCUT2D eigenvalue weighted by molar-refractivity contribution is -0.124. The van der Waals surface area contributed by atoms with Gasteiger partial charge in [-0.1, -0.05) is 42.7 Å². The lowest BCUT2D eigenvalue weighted by Gasteiger charge is -2.22. The Bertz CT molecular complexity index is 503. The van der Waals surface area contributed by atoms with Crippen LogP contribution in [0.1, 0.15) is 32.4 Å². The van der Waals surface area contributed by atoms with Crippen molar-refractivity contribution in [3.8, 4) is 0 Å². The molecule has 0 fully saturated rings. The molecule has 1 aromatic carbocycles. The summed E-state index contributed by atoms with van der Waals surface area (Å²) in [6, 6.07) is 7.05. The van der Waals surface area contributed by atoms with Crippen molar-refractivity contribution in [1.29, 1.82) is 0 Å². The first-order valence-electron chi connectivity index (χ1n) is 6.40. The van der Waals surface area contributed by atoms with Gasteiger partial charge in [0.05, 0.1) is 6.04 Å². The Morgan fingerprint density at radius 1 is 1.40 bits per heavy atom. The molecule has 5 nitrogen and oxygen atoms in total. The van der Waals surface area contributed by atoms with Crippen LogP contribution in [-0.4, -0.2) is 17.0 Å². The van der Waals surface area contributed by atoms with Crippen LogP contribution in [0.4, 0.5) is 0 Å². The van der Waals surface area contributed by atoms with Gasteiger partial charge >= 0.3 is 0 Å². The van der Waals surface area contributed by atoms with Crippen LogP contribution in [0, 0.1) is 11.8 Å². The maximum Gasteiger partial charge on any atom is 0.231 e. The van der Waals surface area contributed by atoms with Crippen LogP contribution in [0.25, 0.3) is 0 Å². The highest BCUT2D eigenvalue weighted by Gasteiger charge is 2.27. The fourth-order valence-corrected chi connectivity index (χ4v) is 2.20. The highest BCUT2D eigenvalue weighted by atomic mass is 35.5. The molecule has 0 aliphatic carbocycles. The van der Waals surface area contributed by atoms with Crippen molar-refractivity contribution in [2.45, 2.75) is 26.8 Å². The lowest BCUT2D eigenvalue weighted by atomic mass is 9.93. The zero-order valence-electron chi connectivity index (χ0n) is 11.8. The van der Waals surface area contributed by atoms with E-state index in [9.17, 15) is 4.79 Å². The number of amidine groups is 1. The van der Waals surface area contributed by atoms with Crippen LogP contribution in [0.15, 0.2) is 29.4 Å². The molecule has 110 valence electrons. The third kappa shape index (κ3) is 4.13. The minimum Gasteiger partial charge on any atom is -0.409 e. The molecule has 1 amide bonds. The Hall–Kier alpha value is -1.75. The van der Waals surface area contributed by atoms with Crippen molar-refractivity contribution in [3.63, 3.8) is 0 Å². The molecule has 0 bridgehead atoms. The van der Waals surface area contributed by atoms with Crippen molar-refractivity contribution in [2.24, 2.45) is 22.7 Å². The van der Waals surface area contributed by atoms with Crippen molar-refractivity contribution < 1.29 is 10.0 Å². The monoisotopic (exact) mass is 297 g/mol. The van der Waals surface area contributed by atoms with Gasteiger partial charge in [0.1, 0.15) is 5.92 Å². The summed E-state index contributed by atoms with van der Waals surface area (Å²) in [4.78, 5) is 12.2. The zero-order valence-corrected chi connectivity index (χ0v) is 12.6. The number of nitrogens with one attached hydrogen (secondary N) is 1. The van der Waals surface area contributed by atoms with Crippen LogP contribution >= 0.6 is 11.6 Å². The van der Waals surface area contributed by atoms with Crippen LogP contribution in [-0.2, 0) is 4.79 Å². The molecule has 0 heterocycles. The highest BCUT2D eigenvalue weighted by molar-refractivity contribution is 6.30. The summed E-state index contributed by atoms with van der Waals surface area (Å²) in [6.07, 6.45) is 0. The Morgan fingerprint density at radius 3 is 2.55 bits per heavy atom. The molecule has 1 aromatic rings. The highest BCUT2D eigenvalue weighted by Crippen LogP contribution is 2.19. The summed E-state index contributed by atoms with van der Waals surface area (Å²) in [7, 11) is 0. The standard InChI is InChI=1S/C14H20ClN3O2/c1-8(2)12(13(16)18-20)14(19)17-9(3)10-5-4-6-11(15)7-10/h4-9,12,20H,1-3H3,(H2,16,18)(H,17,19). The number of hydrogen-bond acceptors (Lipinski definition) is 3. The minimum atomic E-state index is -0.665. The third-order valence-electron chi connectivity index (χ3n) is 3.09. The molecule has 0 spiro atoms. The summed E-state index contributed by atoms with van der Waals surface area (Å²) >= 11 is 5.93. The van der Waals surface area contributed by atoms with Gasteiger partial charge in [-0.25, -0.2) is 0 Å². The summed E-state index contributed by atoms with van der Waals surface area (Å²) in [5.41, 5.74) is 6.47. The normalized spacial score (nSPS) is 14.9. The Kier molecular flexibility index (Phi) is 5.82. The van der Waals surface area contributed by atoms with Crippen molar-refractivity contribution in [3.05, 3.63) is 34.9 Å². The molecule has 4 N–H and O–H groups in total. The summed E-state index contributed by atoms with van der Waals surface area (Å²) in [5.74, 6) is -1.10. The molecule has 0 aliphatic rings. The number of hydrogen-bond donors (Lipinski definition) is 3. The quantitative estimate of drug-likeness (QED) is 0.338. The maximum atomic E-state index is 12.2. The largest absolute Gasteiger partial charge is 0.409 e. The van der Waals surface area contributed by atoms with Gasteiger partial charge in [-0.3, -0.25) is 4.79 Å². The first-order chi connectivity index (χ1) is 9.36. The van der Waals surface area contributed by atoms with E-state index in [0.717, 1.165) is 5.56 Å². The topological polar surface area (TPSA) is 87.7 Å². The van der Waals surface area contributed by atoms with Crippen LogP contribution in [0.5, 0.6) is 0 Å². The van der Waals surface area contributed by atoms with Gasteiger partial charge in [0.2, 0.25) is 5.91 Å². The van der Waals surface area contributed by atoms with Crippen molar-refractivity contribution in [1.82, 2.24) is 5.32 Å². The predicted molar refractivity (Wildman–Crippen MR) is 79.7 cm³/mol. The van der Waals surface area contributed by atoms with Crippen LogP contribution in [0.3, 0.4) is 0 Å². The SMILES string of the molecule is CC(NC(=O)C(C(N)=NO)C(C)C)c1cccc(Cl)c1. The number of benzene rings is 1. The molecule has 0 radical (unpaired) electrons. The molecule has 0 aliphatic heterocycles. The number of amides is 1. The second kappa shape index (κ2) is 7.14. The number of halogens is 1. The number of oxime groups is 1. The summed E-state index contributed by atoms with van der Waals surface area (Å²) < 4.78 is 0. The Morgan fingerprint density at radius 2 is 2.05 bits per heavy atom. The van der Waals surface area contributed by atoms with E-state index in [1.807, 2.05) is 32.9 Å². The second-order valence-corrected chi connectivity index (χ2v) is 5.47. The van der Waals surface area contributed by atoms with Crippen LogP contribution < -0.4 is 11.1 Å². The van der Waals surface area contributed by atoms with Gasteiger partial charge in [0, 0.05) is 5.02 Å². The van der Waals surface area contributed by atoms with Gasteiger partial charge in [-0.2, -0.15) is 0 Å². The lowest BCUT2D eigenvalue weighted by Crippen LogP contribution is -2.42. The average Bonchev–Trinajstić information content (AvgIpc) is 2.38. The van der Waals surface area contributed by atoms with E-state index in [1.54, 1.807) is 12.1 Å². The van der Waals surface area contributed by atoms with E-state index in [0.29, 0.717) is 5.02 Å². The van der Waals surface area contributed by atoms with E-state index >= 15 is 0 Å². The molecule has 0 saturated heterocycles. The van der Waals surface area contributed by atoms with E-state index in [-0.39, 0.29) is 23.7 Å². The fourth-order valence-electron chi connectivity index (χ4n) is 2.00. The zero-order chi connectivity index (χ0) is 15.3. The molecular formula is C14H20ClN3O2. The molecule has 0 aromatic heterocycles. The van der Waals surface area contributed by atoms with E-state index in [2.05, 4.69) is 10.5 Å². The molecule has 20 heavy (non-hydrogen) atoms. The van der Waals surface area contributed by atoms with Gasteiger partial charge in [-0.15, -0.1) is 0 Å². The molecule has 0 saturated carbocycles. The first-order valence-corrected chi connectivity index (χ1v) is 6.77. The molecular weight excluding hydrogens is 278 g/mol. The van der Waals surface area contributed by atoms with E-state index in [1.165, 1.54) is 0 Å². The predicted octanol–water partition coefficient (Wildman–Crippen LogP) is 2.54. The van der Waals surface area contributed by atoms with Gasteiger partial charge in [-0.05, 0) is 30.5 Å². The van der Waals surface area contributed by atoms with E-state index in [4.69, 9.17) is 22.5 Å². The number of carbonyl (C=O) groups is 1. The minimum absolute atomic E-state index is 0.0718. The van der Waals surface area contributed by atoms with Gasteiger partial charge in [0.15, 0.2) is 5.84 Å². The molecule has 2 atom stereocenters. The third-order valence-corrected chi connectivity index (χ3v) is 3.33. The van der Waals surface area contributed by atoms with Gasteiger partial charge < -0.3 is 16.3 Å². The van der Waals surface area contributed by atoms with Crippen LogP contribution in [0.2, 0.25) is 5.02 Å². The molecule has 6 heteroatoms. The van der Waals surface area contributed by atoms with Gasteiger partial charge in [0.25, 0.3) is 0 Å². The smallest absolute Gasteiger partial charge is 0.231 e. The summed E-state index contributed by atoms with van der Waals surface area (Å²) in [6.45, 7) is 5.53. The number of rotatable bonds is 5. The summed E-state index contributed by atoms with van der Waals surface area (Å²) in [5, 5.41) is 15.2. The van der Waals surface area contributed by atoms with E-state index < -0.39 is 5.92 Å². The number of nitrogens with zero attached hydrogens (tertiary/aromatic N) is 1. The Labute approximate surface area is 123 Å².